The predicted octanol–water partition coefficient (Wildman–Crippen LogP) is 4.25. The first kappa shape index (κ1) is 14.9. The summed E-state index contributed by atoms with van der Waals surface area (Å²) >= 11 is 0. The number of carbonyl (C=O) groups excluding carboxylic acids is 1. The summed E-state index contributed by atoms with van der Waals surface area (Å²) in [5, 5.41) is 0. The van der Waals surface area contributed by atoms with E-state index in [-0.39, 0.29) is 11.9 Å². The fraction of sp³-hybridized carbons (Fsp3) is 0.588. The summed E-state index contributed by atoms with van der Waals surface area (Å²) in [6, 6.07) is 5.56. The van der Waals surface area contributed by atoms with Crippen molar-refractivity contribution in [1.82, 2.24) is 0 Å². The van der Waals surface area contributed by atoms with Crippen LogP contribution in [0.1, 0.15) is 56.3 Å². The summed E-state index contributed by atoms with van der Waals surface area (Å²) in [6.45, 7) is 3.77. The summed E-state index contributed by atoms with van der Waals surface area (Å²) in [4.78, 5) is 11.9. The van der Waals surface area contributed by atoms with Crippen LogP contribution in [0.2, 0.25) is 0 Å². The lowest BCUT2D eigenvalue weighted by Crippen LogP contribution is -2.30. The van der Waals surface area contributed by atoms with Gasteiger partial charge in [0, 0.05) is 0 Å². The van der Waals surface area contributed by atoms with Crippen LogP contribution in [0, 0.1) is 5.92 Å². The highest BCUT2D eigenvalue weighted by Crippen LogP contribution is 2.34. The summed E-state index contributed by atoms with van der Waals surface area (Å²) in [5.74, 6) is 1.84. The molecule has 2 unspecified atom stereocenters. The quantitative estimate of drug-likeness (QED) is 0.754. The van der Waals surface area contributed by atoms with Crippen molar-refractivity contribution in [1.29, 1.82) is 0 Å². The second-order valence-corrected chi connectivity index (χ2v) is 5.50. The largest absolute Gasteiger partial charge is 0.496 e. The van der Waals surface area contributed by atoms with Gasteiger partial charge < -0.3 is 9.47 Å². The van der Waals surface area contributed by atoms with Gasteiger partial charge in [-0.05, 0) is 50.7 Å². The molecule has 0 N–H and O–H groups in total. The van der Waals surface area contributed by atoms with Crippen molar-refractivity contribution in [2.24, 2.45) is 5.92 Å². The first-order valence-corrected chi connectivity index (χ1v) is 7.52. The average Bonchev–Trinajstić information content (AvgIpc) is 2.47. The molecule has 0 radical (unpaired) electrons. The number of ether oxygens (including phenoxy) is 2. The molecule has 0 amide bonds. The number of ketones is 1. The Kier molecular flexibility index (Phi) is 5.05. The van der Waals surface area contributed by atoms with E-state index in [1.54, 1.807) is 14.0 Å². The molecule has 0 saturated heterocycles. The number of methoxy groups -OCH3 is 1. The topological polar surface area (TPSA) is 35.5 Å². The van der Waals surface area contributed by atoms with Gasteiger partial charge in [0.1, 0.15) is 23.2 Å². The Morgan fingerprint density at radius 2 is 1.95 bits per heavy atom. The van der Waals surface area contributed by atoms with Crippen LogP contribution in [0.3, 0.4) is 0 Å². The molecule has 0 aliphatic heterocycles. The van der Waals surface area contributed by atoms with Gasteiger partial charge in [-0.3, -0.25) is 4.79 Å². The summed E-state index contributed by atoms with van der Waals surface area (Å²) in [7, 11) is 1.58. The van der Waals surface area contributed by atoms with Crippen LogP contribution in [0.5, 0.6) is 11.5 Å². The monoisotopic (exact) mass is 276 g/mol. The molecule has 1 aromatic carbocycles. The first-order valence-electron chi connectivity index (χ1n) is 7.52. The van der Waals surface area contributed by atoms with E-state index in [0.717, 1.165) is 12.8 Å². The van der Waals surface area contributed by atoms with Crippen LogP contribution < -0.4 is 9.47 Å². The number of benzene rings is 1. The van der Waals surface area contributed by atoms with Crippen molar-refractivity contribution in [3.63, 3.8) is 0 Å². The van der Waals surface area contributed by atoms with E-state index in [2.05, 4.69) is 6.92 Å². The zero-order valence-electron chi connectivity index (χ0n) is 12.6. The van der Waals surface area contributed by atoms with Crippen LogP contribution in [0.4, 0.5) is 0 Å². The highest BCUT2D eigenvalue weighted by molar-refractivity contribution is 5.99. The molecule has 0 spiro atoms. The second-order valence-electron chi connectivity index (χ2n) is 5.50. The first-order chi connectivity index (χ1) is 9.67. The lowest BCUT2D eigenvalue weighted by molar-refractivity contribution is 0.0861. The fourth-order valence-electron chi connectivity index (χ4n) is 3.09. The second kappa shape index (κ2) is 6.78. The Morgan fingerprint density at radius 3 is 2.60 bits per heavy atom. The highest BCUT2D eigenvalue weighted by Gasteiger charge is 2.27. The van der Waals surface area contributed by atoms with Crippen molar-refractivity contribution >= 4 is 5.78 Å². The van der Waals surface area contributed by atoms with Gasteiger partial charge in [0.2, 0.25) is 0 Å². The van der Waals surface area contributed by atoms with Crippen LogP contribution in [0.25, 0.3) is 0 Å². The molecule has 0 heterocycles. The van der Waals surface area contributed by atoms with Gasteiger partial charge in [-0.25, -0.2) is 0 Å². The third-order valence-electron chi connectivity index (χ3n) is 4.20. The van der Waals surface area contributed by atoms with Crippen LogP contribution in [-0.2, 0) is 0 Å². The van der Waals surface area contributed by atoms with Crippen molar-refractivity contribution in [3.05, 3.63) is 23.8 Å². The van der Waals surface area contributed by atoms with Crippen LogP contribution in [-0.4, -0.2) is 19.0 Å². The molecule has 1 fully saturated rings. The third-order valence-corrected chi connectivity index (χ3v) is 4.20. The standard InChI is InChI=1S/C17H24O3/c1-4-13-8-5-6-9-14(13)20-16-11-7-10-15(19-3)17(16)12(2)18/h7,10-11,13-14H,4-6,8-9H2,1-3H3. The van der Waals surface area contributed by atoms with E-state index >= 15 is 0 Å². The summed E-state index contributed by atoms with van der Waals surface area (Å²) in [6.07, 6.45) is 6.15. The predicted molar refractivity (Wildman–Crippen MR) is 79.7 cm³/mol. The molecular weight excluding hydrogens is 252 g/mol. The van der Waals surface area contributed by atoms with Gasteiger partial charge in [0.05, 0.1) is 7.11 Å². The maximum atomic E-state index is 11.9. The Bertz CT molecular complexity index is 467. The van der Waals surface area contributed by atoms with Crippen molar-refractivity contribution in [2.45, 2.75) is 52.1 Å². The number of hydrogen-bond donors (Lipinski definition) is 0. The van der Waals surface area contributed by atoms with Gasteiger partial charge in [0.25, 0.3) is 0 Å². The molecule has 110 valence electrons. The Morgan fingerprint density at radius 1 is 1.25 bits per heavy atom. The molecule has 20 heavy (non-hydrogen) atoms. The van der Waals surface area contributed by atoms with Crippen LogP contribution in [0.15, 0.2) is 18.2 Å². The molecule has 1 aliphatic rings. The maximum Gasteiger partial charge on any atom is 0.167 e. The molecule has 0 bridgehead atoms. The van der Waals surface area contributed by atoms with E-state index in [9.17, 15) is 4.79 Å². The van der Waals surface area contributed by atoms with E-state index in [1.807, 2.05) is 18.2 Å². The molecule has 0 aromatic heterocycles. The normalized spacial score (nSPS) is 22.4. The lowest BCUT2D eigenvalue weighted by atomic mass is 9.84. The maximum absolute atomic E-state index is 11.9. The van der Waals surface area contributed by atoms with Gasteiger partial charge in [0.15, 0.2) is 5.78 Å². The molecule has 1 aromatic rings. The molecular formula is C17H24O3. The van der Waals surface area contributed by atoms with Crippen molar-refractivity contribution in [3.8, 4) is 11.5 Å². The SMILES string of the molecule is CCC1CCCCC1Oc1cccc(OC)c1C(C)=O. The summed E-state index contributed by atoms with van der Waals surface area (Å²) in [5.41, 5.74) is 0.565. The molecule has 3 nitrogen and oxygen atoms in total. The van der Waals surface area contributed by atoms with Gasteiger partial charge in [-0.15, -0.1) is 0 Å². The zero-order valence-corrected chi connectivity index (χ0v) is 12.6. The van der Waals surface area contributed by atoms with Crippen molar-refractivity contribution < 1.29 is 14.3 Å². The average molecular weight is 276 g/mol. The van der Waals surface area contributed by atoms with E-state index in [0.29, 0.717) is 23.0 Å². The molecule has 3 heteroatoms. The minimum Gasteiger partial charge on any atom is -0.496 e. The van der Waals surface area contributed by atoms with E-state index in [4.69, 9.17) is 9.47 Å². The minimum absolute atomic E-state index is 0.0127. The fourth-order valence-corrected chi connectivity index (χ4v) is 3.09. The molecule has 2 atom stereocenters. The minimum atomic E-state index is -0.0127. The number of rotatable bonds is 5. The van der Waals surface area contributed by atoms with Gasteiger partial charge >= 0.3 is 0 Å². The van der Waals surface area contributed by atoms with E-state index in [1.165, 1.54) is 19.3 Å². The highest BCUT2D eigenvalue weighted by atomic mass is 16.5. The molecule has 1 aliphatic carbocycles. The Balaban J connectivity index is 2.26. The smallest absolute Gasteiger partial charge is 0.167 e. The number of carbonyl (C=O) groups is 1. The number of Topliss-reactive ketones (excluding diaryl/α,β-unsaturated/α-hetero) is 1. The zero-order chi connectivity index (χ0) is 14.5. The third kappa shape index (κ3) is 3.14. The Hall–Kier alpha value is -1.51. The lowest BCUT2D eigenvalue weighted by Gasteiger charge is -2.31. The van der Waals surface area contributed by atoms with Crippen LogP contribution >= 0.6 is 0 Å². The van der Waals surface area contributed by atoms with Gasteiger partial charge in [-0.2, -0.15) is 0 Å². The molecule has 1 saturated carbocycles. The number of hydrogen-bond acceptors (Lipinski definition) is 3. The van der Waals surface area contributed by atoms with Gasteiger partial charge in [-0.1, -0.05) is 19.4 Å². The summed E-state index contributed by atoms with van der Waals surface area (Å²) < 4.78 is 11.5. The van der Waals surface area contributed by atoms with E-state index < -0.39 is 0 Å². The Labute approximate surface area is 121 Å². The molecule has 2 rings (SSSR count). The van der Waals surface area contributed by atoms with Crippen molar-refractivity contribution in [2.75, 3.05) is 7.11 Å².